The number of carbonyl (C=O) groups excluding carboxylic acids is 1. The molecule has 0 radical (unpaired) electrons. The Morgan fingerprint density at radius 2 is 2.00 bits per heavy atom. The molecule has 0 atom stereocenters. The van der Waals surface area contributed by atoms with Crippen molar-refractivity contribution in [2.75, 3.05) is 39.4 Å². The number of ether oxygens (including phenoxy) is 1. The molecule has 0 bridgehead atoms. The van der Waals surface area contributed by atoms with E-state index in [4.69, 9.17) is 4.74 Å². The second kappa shape index (κ2) is 8.42. The average molecular weight is 344 g/mol. The molecule has 4 nitrogen and oxygen atoms in total. The molecule has 1 aromatic carbocycles. The van der Waals surface area contributed by atoms with Crippen LogP contribution in [0.25, 0.3) is 10.4 Å². The van der Waals surface area contributed by atoms with Gasteiger partial charge < -0.3 is 10.1 Å². The maximum atomic E-state index is 12.4. The van der Waals surface area contributed by atoms with Crippen molar-refractivity contribution in [1.29, 1.82) is 0 Å². The highest BCUT2D eigenvalue weighted by Crippen LogP contribution is 2.32. The summed E-state index contributed by atoms with van der Waals surface area (Å²) in [5.74, 6) is 0.0345. The topological polar surface area (TPSA) is 41.6 Å². The van der Waals surface area contributed by atoms with Gasteiger partial charge in [-0.05, 0) is 37.1 Å². The minimum atomic E-state index is 0.0345. The fraction of sp³-hybridized carbons (Fsp3) is 0.421. The molecule has 1 aromatic heterocycles. The molecule has 1 saturated heterocycles. The highest BCUT2D eigenvalue weighted by atomic mass is 32.1. The third-order valence-corrected chi connectivity index (χ3v) is 5.50. The van der Waals surface area contributed by atoms with E-state index in [0.29, 0.717) is 6.54 Å². The third-order valence-electron chi connectivity index (χ3n) is 4.22. The smallest absolute Gasteiger partial charge is 0.261 e. The summed E-state index contributed by atoms with van der Waals surface area (Å²) >= 11 is 1.57. The van der Waals surface area contributed by atoms with Crippen molar-refractivity contribution in [2.45, 2.75) is 13.3 Å². The molecule has 1 aliphatic heterocycles. The fourth-order valence-corrected chi connectivity index (χ4v) is 3.98. The van der Waals surface area contributed by atoms with Crippen LogP contribution < -0.4 is 5.32 Å². The van der Waals surface area contributed by atoms with E-state index in [1.807, 2.05) is 24.3 Å². The van der Waals surface area contributed by atoms with E-state index in [1.54, 1.807) is 11.3 Å². The summed E-state index contributed by atoms with van der Waals surface area (Å²) in [4.78, 5) is 16.7. The maximum Gasteiger partial charge on any atom is 0.261 e. The lowest BCUT2D eigenvalue weighted by Crippen LogP contribution is -2.38. The Bertz CT molecular complexity index is 663. The van der Waals surface area contributed by atoms with Crippen LogP contribution in [0.4, 0.5) is 0 Å². The number of hydrogen-bond donors (Lipinski definition) is 1. The van der Waals surface area contributed by atoms with Crippen LogP contribution in [-0.2, 0) is 4.74 Å². The number of rotatable bonds is 6. The van der Waals surface area contributed by atoms with Crippen LogP contribution in [0.3, 0.4) is 0 Å². The standard InChI is InChI=1S/C19H24N2O2S/c1-15-14-17(24-18(15)16-6-3-2-4-7-16)19(22)20-8-5-9-21-10-12-23-13-11-21/h2-4,6-7,14H,5,8-13H2,1H3,(H,20,22). The quantitative estimate of drug-likeness (QED) is 0.819. The summed E-state index contributed by atoms with van der Waals surface area (Å²) in [7, 11) is 0. The van der Waals surface area contributed by atoms with Gasteiger partial charge in [0.1, 0.15) is 0 Å². The SMILES string of the molecule is Cc1cc(C(=O)NCCCN2CCOCC2)sc1-c1ccccc1. The number of aryl methyl sites for hydroxylation is 1. The molecule has 1 aliphatic rings. The van der Waals surface area contributed by atoms with E-state index in [0.717, 1.165) is 49.7 Å². The first-order chi connectivity index (χ1) is 11.7. The van der Waals surface area contributed by atoms with Crippen LogP contribution in [-0.4, -0.2) is 50.2 Å². The van der Waals surface area contributed by atoms with Crippen molar-refractivity contribution in [3.63, 3.8) is 0 Å². The van der Waals surface area contributed by atoms with Gasteiger partial charge in [-0.25, -0.2) is 0 Å². The predicted octanol–water partition coefficient (Wildman–Crippen LogP) is 3.18. The molecule has 0 aliphatic carbocycles. The Morgan fingerprint density at radius 3 is 2.75 bits per heavy atom. The lowest BCUT2D eigenvalue weighted by molar-refractivity contribution is 0.0374. The first-order valence-corrected chi connectivity index (χ1v) is 9.30. The molecule has 0 spiro atoms. The molecule has 0 saturated carbocycles. The zero-order chi connectivity index (χ0) is 16.8. The monoisotopic (exact) mass is 344 g/mol. The molecule has 3 rings (SSSR count). The fourth-order valence-electron chi connectivity index (χ4n) is 2.89. The number of amides is 1. The Hall–Kier alpha value is -1.69. The van der Waals surface area contributed by atoms with E-state index < -0.39 is 0 Å². The van der Waals surface area contributed by atoms with E-state index in [1.165, 1.54) is 10.4 Å². The Labute approximate surface area is 147 Å². The highest BCUT2D eigenvalue weighted by molar-refractivity contribution is 7.17. The first kappa shape index (κ1) is 17.1. The zero-order valence-corrected chi connectivity index (χ0v) is 14.9. The van der Waals surface area contributed by atoms with Crippen molar-refractivity contribution in [2.24, 2.45) is 0 Å². The van der Waals surface area contributed by atoms with Gasteiger partial charge in [-0.2, -0.15) is 0 Å². The summed E-state index contributed by atoms with van der Waals surface area (Å²) in [6, 6.07) is 12.2. The molecule has 128 valence electrons. The van der Waals surface area contributed by atoms with Crippen molar-refractivity contribution in [3.8, 4) is 10.4 Å². The summed E-state index contributed by atoms with van der Waals surface area (Å²) < 4.78 is 5.34. The molecule has 1 amide bonds. The van der Waals surface area contributed by atoms with Gasteiger partial charge in [-0.3, -0.25) is 9.69 Å². The number of thiophene rings is 1. The number of hydrogen-bond acceptors (Lipinski definition) is 4. The van der Waals surface area contributed by atoms with E-state index in [2.05, 4.69) is 29.3 Å². The average Bonchev–Trinajstić information content (AvgIpc) is 3.02. The summed E-state index contributed by atoms with van der Waals surface area (Å²) in [5, 5.41) is 3.04. The third kappa shape index (κ3) is 4.44. The maximum absolute atomic E-state index is 12.4. The Morgan fingerprint density at radius 1 is 1.25 bits per heavy atom. The van der Waals surface area contributed by atoms with Gasteiger partial charge >= 0.3 is 0 Å². The molecule has 24 heavy (non-hydrogen) atoms. The van der Waals surface area contributed by atoms with Crippen LogP contribution in [0, 0.1) is 6.92 Å². The van der Waals surface area contributed by atoms with Crippen molar-refractivity contribution in [3.05, 3.63) is 46.8 Å². The van der Waals surface area contributed by atoms with Gasteiger partial charge in [0, 0.05) is 24.5 Å². The summed E-state index contributed by atoms with van der Waals surface area (Å²) in [5.41, 5.74) is 2.33. The molecule has 1 fully saturated rings. The molecule has 2 aromatic rings. The Balaban J connectivity index is 1.50. The van der Waals surface area contributed by atoms with Crippen LogP contribution >= 0.6 is 11.3 Å². The lowest BCUT2D eigenvalue weighted by atomic mass is 10.1. The lowest BCUT2D eigenvalue weighted by Gasteiger charge is -2.26. The number of morpholine rings is 1. The Kier molecular flexibility index (Phi) is 6.01. The van der Waals surface area contributed by atoms with Gasteiger partial charge in [0.2, 0.25) is 0 Å². The second-order valence-corrected chi connectivity index (χ2v) is 7.10. The molecule has 1 N–H and O–H groups in total. The summed E-state index contributed by atoms with van der Waals surface area (Å²) in [6.07, 6.45) is 0.974. The molecule has 5 heteroatoms. The van der Waals surface area contributed by atoms with Crippen LogP contribution in [0.2, 0.25) is 0 Å². The van der Waals surface area contributed by atoms with E-state index >= 15 is 0 Å². The van der Waals surface area contributed by atoms with Crippen molar-refractivity contribution in [1.82, 2.24) is 10.2 Å². The number of benzene rings is 1. The van der Waals surface area contributed by atoms with E-state index in [-0.39, 0.29) is 5.91 Å². The number of nitrogens with one attached hydrogen (secondary N) is 1. The minimum Gasteiger partial charge on any atom is -0.379 e. The van der Waals surface area contributed by atoms with Crippen LogP contribution in [0.15, 0.2) is 36.4 Å². The molecular weight excluding hydrogens is 320 g/mol. The molecule has 0 unspecified atom stereocenters. The number of carbonyl (C=O) groups is 1. The zero-order valence-electron chi connectivity index (χ0n) is 14.1. The minimum absolute atomic E-state index is 0.0345. The van der Waals surface area contributed by atoms with Crippen LogP contribution in [0.5, 0.6) is 0 Å². The molecular formula is C19H24N2O2S. The van der Waals surface area contributed by atoms with Gasteiger partial charge in [0.15, 0.2) is 0 Å². The van der Waals surface area contributed by atoms with Gasteiger partial charge in [0.25, 0.3) is 5.91 Å². The highest BCUT2D eigenvalue weighted by Gasteiger charge is 2.14. The van der Waals surface area contributed by atoms with Crippen molar-refractivity contribution < 1.29 is 9.53 Å². The van der Waals surface area contributed by atoms with Gasteiger partial charge in [-0.15, -0.1) is 11.3 Å². The van der Waals surface area contributed by atoms with Crippen molar-refractivity contribution >= 4 is 17.2 Å². The molecule has 2 heterocycles. The summed E-state index contributed by atoms with van der Waals surface area (Å²) in [6.45, 7) is 7.44. The predicted molar refractivity (Wildman–Crippen MR) is 98.7 cm³/mol. The first-order valence-electron chi connectivity index (χ1n) is 8.48. The van der Waals surface area contributed by atoms with Gasteiger partial charge in [0.05, 0.1) is 18.1 Å². The van der Waals surface area contributed by atoms with Gasteiger partial charge in [-0.1, -0.05) is 30.3 Å². The largest absolute Gasteiger partial charge is 0.379 e. The normalized spacial score (nSPS) is 15.4. The van der Waals surface area contributed by atoms with Crippen LogP contribution in [0.1, 0.15) is 21.7 Å². The second-order valence-electron chi connectivity index (χ2n) is 6.05. The number of nitrogens with zero attached hydrogens (tertiary/aromatic N) is 1. The van der Waals surface area contributed by atoms with E-state index in [9.17, 15) is 4.79 Å².